The number of fused-ring (bicyclic) bond motifs is 1. The molecule has 0 amide bonds. The van der Waals surface area contributed by atoms with Gasteiger partial charge < -0.3 is 0 Å². The van der Waals surface area contributed by atoms with Crippen LogP contribution in [0.3, 0.4) is 0 Å². The Balaban J connectivity index is 2.21. The fourth-order valence-electron chi connectivity index (χ4n) is 2.27. The number of hydrogen-bond donors (Lipinski definition) is 0. The number of rotatable bonds is 2. The minimum Gasteiger partial charge on any atom is -0.267 e. The molecule has 0 spiro atoms. The lowest BCUT2D eigenvalue weighted by molar-refractivity contribution is 0.994. The molecule has 2 aromatic heterocycles. The van der Waals surface area contributed by atoms with E-state index >= 15 is 0 Å². The zero-order valence-corrected chi connectivity index (χ0v) is 13.8. The van der Waals surface area contributed by atoms with Gasteiger partial charge in [0.05, 0.1) is 4.21 Å². The van der Waals surface area contributed by atoms with E-state index in [0.717, 1.165) is 16.3 Å². The molecule has 0 atom stereocenters. The normalized spacial score (nSPS) is 14.4. The van der Waals surface area contributed by atoms with Gasteiger partial charge >= 0.3 is 0 Å². The lowest BCUT2D eigenvalue weighted by atomic mass is 10.2. The summed E-state index contributed by atoms with van der Waals surface area (Å²) in [4.78, 5) is 17.1. The lowest BCUT2D eigenvalue weighted by Crippen LogP contribution is -2.18. The maximum atomic E-state index is 12.7. The SMILES string of the molecule is CSc1sc2c(=O)n(C3=CCC=C(C)C=C3)cnc2c1C#N. The summed E-state index contributed by atoms with van der Waals surface area (Å²) in [6.07, 6.45) is 12.2. The molecule has 2 aromatic rings. The summed E-state index contributed by atoms with van der Waals surface area (Å²) in [5.41, 5.74) is 2.86. The summed E-state index contributed by atoms with van der Waals surface area (Å²) in [5.74, 6) is 0. The Labute approximate surface area is 136 Å². The molecule has 0 saturated heterocycles. The van der Waals surface area contributed by atoms with E-state index in [9.17, 15) is 10.1 Å². The van der Waals surface area contributed by atoms with Crippen molar-refractivity contribution in [1.29, 1.82) is 5.26 Å². The highest BCUT2D eigenvalue weighted by atomic mass is 32.2. The standard InChI is InChI=1S/C16H13N3OS2/c1-10-4-3-5-11(7-6-10)19-9-18-13-12(8-17)16(21-2)22-14(13)15(19)20/h4-7,9H,3H2,1-2H3. The van der Waals surface area contributed by atoms with Gasteiger partial charge in [0.2, 0.25) is 0 Å². The monoisotopic (exact) mass is 327 g/mol. The number of aromatic nitrogens is 2. The van der Waals surface area contributed by atoms with Gasteiger partial charge in [-0.25, -0.2) is 4.98 Å². The van der Waals surface area contributed by atoms with Crippen LogP contribution in [-0.2, 0) is 0 Å². The minimum absolute atomic E-state index is 0.123. The molecule has 0 N–H and O–H groups in total. The Morgan fingerprint density at radius 3 is 2.95 bits per heavy atom. The molecule has 0 fully saturated rings. The van der Waals surface area contributed by atoms with Crippen molar-refractivity contribution in [3.63, 3.8) is 0 Å². The highest BCUT2D eigenvalue weighted by molar-refractivity contribution is 8.00. The van der Waals surface area contributed by atoms with Gasteiger partial charge in [-0.2, -0.15) is 5.26 Å². The summed E-state index contributed by atoms with van der Waals surface area (Å²) in [5, 5.41) is 9.28. The maximum absolute atomic E-state index is 12.7. The van der Waals surface area contributed by atoms with Crippen molar-refractivity contribution in [3.05, 3.63) is 52.1 Å². The summed E-state index contributed by atoms with van der Waals surface area (Å²) in [6, 6.07) is 2.15. The molecule has 1 aliphatic carbocycles. The molecule has 0 bridgehead atoms. The molecule has 0 aliphatic heterocycles. The first kappa shape index (κ1) is 14.8. The van der Waals surface area contributed by atoms with Crippen LogP contribution in [0.4, 0.5) is 0 Å². The molecule has 2 heterocycles. The smallest absolute Gasteiger partial charge is 0.267 e. The molecule has 110 valence electrons. The fourth-order valence-corrected chi connectivity index (χ4v) is 4.07. The Bertz CT molecular complexity index is 939. The van der Waals surface area contributed by atoms with E-state index in [1.165, 1.54) is 35.0 Å². The van der Waals surface area contributed by atoms with Gasteiger partial charge in [-0.1, -0.05) is 23.8 Å². The topological polar surface area (TPSA) is 58.7 Å². The largest absolute Gasteiger partial charge is 0.275 e. The van der Waals surface area contributed by atoms with Crippen LogP contribution in [0.5, 0.6) is 0 Å². The van der Waals surface area contributed by atoms with Crippen molar-refractivity contribution in [2.75, 3.05) is 6.26 Å². The number of thioether (sulfide) groups is 1. The first-order valence-electron chi connectivity index (χ1n) is 6.69. The van der Waals surface area contributed by atoms with E-state index in [2.05, 4.69) is 17.1 Å². The van der Waals surface area contributed by atoms with Gasteiger partial charge in [-0.05, 0) is 25.7 Å². The highest BCUT2D eigenvalue weighted by Gasteiger charge is 2.17. The third-order valence-corrected chi connectivity index (χ3v) is 5.71. The molecule has 0 aromatic carbocycles. The van der Waals surface area contributed by atoms with Crippen molar-refractivity contribution in [2.24, 2.45) is 0 Å². The highest BCUT2D eigenvalue weighted by Crippen LogP contribution is 2.33. The first-order valence-corrected chi connectivity index (χ1v) is 8.73. The van der Waals surface area contributed by atoms with Gasteiger partial charge in [-0.15, -0.1) is 23.1 Å². The lowest BCUT2D eigenvalue weighted by Gasteiger charge is -2.05. The summed E-state index contributed by atoms with van der Waals surface area (Å²) >= 11 is 2.81. The first-order chi connectivity index (χ1) is 10.7. The van der Waals surface area contributed by atoms with E-state index in [-0.39, 0.29) is 5.56 Å². The quantitative estimate of drug-likeness (QED) is 0.787. The Kier molecular flexibility index (Phi) is 4.01. The van der Waals surface area contributed by atoms with Crippen LogP contribution in [0.15, 0.2) is 45.2 Å². The zero-order valence-electron chi connectivity index (χ0n) is 12.2. The molecule has 3 rings (SSSR count). The van der Waals surface area contributed by atoms with Gasteiger partial charge in [0.25, 0.3) is 5.56 Å². The molecule has 6 heteroatoms. The van der Waals surface area contributed by atoms with Crippen LogP contribution >= 0.6 is 23.1 Å². The summed E-state index contributed by atoms with van der Waals surface area (Å²) in [7, 11) is 0. The van der Waals surface area contributed by atoms with E-state index in [0.29, 0.717) is 15.8 Å². The number of nitrogens with zero attached hydrogens (tertiary/aromatic N) is 3. The van der Waals surface area contributed by atoms with Crippen molar-refractivity contribution in [2.45, 2.75) is 17.6 Å². The second-order valence-corrected chi connectivity index (χ2v) is 6.92. The van der Waals surface area contributed by atoms with Crippen LogP contribution in [-0.4, -0.2) is 15.8 Å². The van der Waals surface area contributed by atoms with Crippen LogP contribution in [0, 0.1) is 11.3 Å². The molecule has 0 saturated carbocycles. The number of nitriles is 1. The average Bonchev–Trinajstić information content (AvgIpc) is 2.76. The van der Waals surface area contributed by atoms with Crippen molar-refractivity contribution in [3.8, 4) is 6.07 Å². The number of allylic oxidation sites excluding steroid dienone is 6. The third-order valence-electron chi connectivity index (χ3n) is 3.43. The third kappa shape index (κ3) is 2.43. The van der Waals surface area contributed by atoms with Crippen LogP contribution in [0.25, 0.3) is 15.9 Å². The molecule has 4 nitrogen and oxygen atoms in total. The van der Waals surface area contributed by atoms with Gasteiger partial charge in [0, 0.05) is 5.70 Å². The van der Waals surface area contributed by atoms with E-state index in [4.69, 9.17) is 0 Å². The van der Waals surface area contributed by atoms with Gasteiger partial charge in [-0.3, -0.25) is 9.36 Å². The molecule has 0 unspecified atom stereocenters. The Hall–Kier alpha value is -2.10. The van der Waals surface area contributed by atoms with Gasteiger partial charge in [0.15, 0.2) is 0 Å². The van der Waals surface area contributed by atoms with E-state index in [1.54, 1.807) is 4.57 Å². The van der Waals surface area contributed by atoms with Crippen LogP contribution in [0.1, 0.15) is 18.9 Å². The van der Waals surface area contributed by atoms with Crippen molar-refractivity contribution in [1.82, 2.24) is 9.55 Å². The molecule has 22 heavy (non-hydrogen) atoms. The van der Waals surface area contributed by atoms with Gasteiger partial charge in [0.1, 0.15) is 28.2 Å². The molecule has 0 radical (unpaired) electrons. The Morgan fingerprint density at radius 2 is 2.23 bits per heavy atom. The summed E-state index contributed by atoms with van der Waals surface area (Å²) < 4.78 is 2.92. The minimum atomic E-state index is -0.123. The van der Waals surface area contributed by atoms with Crippen LogP contribution < -0.4 is 5.56 Å². The molecular weight excluding hydrogens is 314 g/mol. The summed E-state index contributed by atoms with van der Waals surface area (Å²) in [6.45, 7) is 2.03. The van der Waals surface area contributed by atoms with Crippen molar-refractivity contribution < 1.29 is 0 Å². The fraction of sp³-hybridized carbons (Fsp3) is 0.188. The van der Waals surface area contributed by atoms with Crippen molar-refractivity contribution >= 4 is 39.0 Å². The number of thiophene rings is 1. The maximum Gasteiger partial charge on any atom is 0.275 e. The average molecular weight is 327 g/mol. The molecule has 1 aliphatic rings. The van der Waals surface area contributed by atoms with E-state index in [1.807, 2.05) is 31.4 Å². The van der Waals surface area contributed by atoms with Crippen LogP contribution in [0.2, 0.25) is 0 Å². The number of hydrogen-bond acceptors (Lipinski definition) is 5. The molecular formula is C16H13N3OS2. The predicted molar refractivity (Wildman–Crippen MR) is 92.2 cm³/mol. The second kappa shape index (κ2) is 5.95. The second-order valence-electron chi connectivity index (χ2n) is 4.82. The van der Waals surface area contributed by atoms with E-state index < -0.39 is 0 Å². The zero-order chi connectivity index (χ0) is 15.7. The predicted octanol–water partition coefficient (Wildman–Crippen LogP) is 3.80. The Morgan fingerprint density at radius 1 is 1.41 bits per heavy atom.